The minimum Gasteiger partial charge on any atom is -0.457 e. The average Bonchev–Trinajstić information content (AvgIpc) is 3.12. The van der Waals surface area contributed by atoms with Crippen LogP contribution in [0.5, 0.6) is 0 Å². The molecular weight excluding hydrogens is 407 g/mol. The third-order valence-electron chi connectivity index (χ3n) is 3.60. The summed E-state index contributed by atoms with van der Waals surface area (Å²) < 4.78 is 5.69. The molecule has 3 aromatic rings. The highest BCUT2D eigenvalue weighted by atomic mass is 35.5. The maximum absolute atomic E-state index is 12.3. The molecule has 0 unspecified atom stereocenters. The molecule has 134 valence electrons. The maximum Gasteiger partial charge on any atom is 0.266 e. The first-order chi connectivity index (χ1) is 13.0. The Labute approximate surface area is 170 Å². The van der Waals surface area contributed by atoms with Crippen LogP contribution in [0.15, 0.2) is 64.6 Å². The lowest BCUT2D eigenvalue weighted by Gasteiger charge is -2.04. The molecule has 1 amide bonds. The van der Waals surface area contributed by atoms with Crippen molar-refractivity contribution in [1.29, 1.82) is 5.26 Å². The molecule has 0 spiro atoms. The molecule has 0 saturated carbocycles. The Morgan fingerprint density at radius 1 is 1.04 bits per heavy atom. The van der Waals surface area contributed by atoms with Gasteiger partial charge >= 0.3 is 0 Å². The van der Waals surface area contributed by atoms with Crippen LogP contribution in [0.3, 0.4) is 0 Å². The Morgan fingerprint density at radius 2 is 1.78 bits per heavy atom. The Morgan fingerprint density at radius 3 is 2.48 bits per heavy atom. The minimum absolute atomic E-state index is 0.108. The highest BCUT2D eigenvalue weighted by Gasteiger charge is 2.13. The number of nitriles is 1. The van der Waals surface area contributed by atoms with E-state index >= 15 is 0 Å². The van der Waals surface area contributed by atoms with Crippen LogP contribution in [0.2, 0.25) is 15.1 Å². The Kier molecular flexibility index (Phi) is 5.88. The zero-order valence-electron chi connectivity index (χ0n) is 13.7. The van der Waals surface area contributed by atoms with Gasteiger partial charge in [-0.25, -0.2) is 0 Å². The van der Waals surface area contributed by atoms with Gasteiger partial charge in [0.25, 0.3) is 5.91 Å². The number of halogens is 3. The van der Waals surface area contributed by atoms with Crippen molar-refractivity contribution in [1.82, 2.24) is 0 Å². The normalized spacial score (nSPS) is 11.1. The van der Waals surface area contributed by atoms with Crippen molar-refractivity contribution in [2.45, 2.75) is 0 Å². The number of hydrogen-bond donors (Lipinski definition) is 1. The van der Waals surface area contributed by atoms with Crippen LogP contribution < -0.4 is 5.32 Å². The van der Waals surface area contributed by atoms with Crippen LogP contribution in [0.25, 0.3) is 17.4 Å². The standard InChI is InChI=1S/C20H11Cl3N2O2/c21-13-4-6-14(7-5-13)25-20(26)12(11-24)10-15-8-9-18(27-15)16-2-1-3-17(22)19(16)23/h1-10H,(H,25,26)/b12-10+. The molecule has 2 aromatic carbocycles. The van der Waals surface area contributed by atoms with E-state index in [-0.39, 0.29) is 5.57 Å². The molecular formula is C20H11Cl3N2O2. The van der Waals surface area contributed by atoms with Gasteiger partial charge in [-0.15, -0.1) is 0 Å². The summed E-state index contributed by atoms with van der Waals surface area (Å²) in [5, 5.41) is 13.2. The highest BCUT2D eigenvalue weighted by Crippen LogP contribution is 2.34. The number of furan rings is 1. The lowest BCUT2D eigenvalue weighted by molar-refractivity contribution is -0.112. The second-order valence-corrected chi connectivity index (χ2v) is 6.66. The van der Waals surface area contributed by atoms with Crippen molar-refractivity contribution < 1.29 is 9.21 Å². The number of nitrogens with one attached hydrogen (secondary N) is 1. The fourth-order valence-electron chi connectivity index (χ4n) is 2.29. The third-order valence-corrected chi connectivity index (χ3v) is 4.67. The number of amides is 1. The van der Waals surface area contributed by atoms with Gasteiger partial charge in [0.1, 0.15) is 23.2 Å². The van der Waals surface area contributed by atoms with Gasteiger partial charge in [0.15, 0.2) is 0 Å². The zero-order valence-corrected chi connectivity index (χ0v) is 15.9. The second kappa shape index (κ2) is 8.32. The summed E-state index contributed by atoms with van der Waals surface area (Å²) in [6.45, 7) is 0. The molecule has 1 heterocycles. The zero-order chi connectivity index (χ0) is 19.4. The number of hydrogen-bond acceptors (Lipinski definition) is 3. The van der Waals surface area contributed by atoms with Crippen LogP contribution in [0, 0.1) is 11.3 Å². The van der Waals surface area contributed by atoms with Crippen LogP contribution in [0.1, 0.15) is 5.76 Å². The van der Waals surface area contributed by atoms with E-state index in [1.165, 1.54) is 6.08 Å². The van der Waals surface area contributed by atoms with E-state index in [1.54, 1.807) is 54.6 Å². The fourth-order valence-corrected chi connectivity index (χ4v) is 2.81. The van der Waals surface area contributed by atoms with Crippen LogP contribution in [-0.4, -0.2) is 5.91 Å². The van der Waals surface area contributed by atoms with Gasteiger partial charge in [0.05, 0.1) is 10.0 Å². The molecule has 1 N–H and O–H groups in total. The maximum atomic E-state index is 12.3. The summed E-state index contributed by atoms with van der Waals surface area (Å²) in [7, 11) is 0. The number of carbonyl (C=O) groups excluding carboxylic acids is 1. The molecule has 27 heavy (non-hydrogen) atoms. The smallest absolute Gasteiger partial charge is 0.266 e. The minimum atomic E-state index is -0.557. The molecule has 0 fully saturated rings. The third kappa shape index (κ3) is 4.53. The summed E-state index contributed by atoms with van der Waals surface area (Å²) in [6.07, 6.45) is 1.35. The van der Waals surface area contributed by atoms with Gasteiger partial charge in [0, 0.05) is 22.3 Å². The molecule has 0 bridgehead atoms. The van der Waals surface area contributed by atoms with Gasteiger partial charge in [-0.2, -0.15) is 5.26 Å². The Hall–Kier alpha value is -2.71. The van der Waals surface area contributed by atoms with Crippen molar-refractivity contribution in [3.05, 3.63) is 81.0 Å². The summed E-state index contributed by atoms with van der Waals surface area (Å²) in [5.74, 6) is 0.256. The van der Waals surface area contributed by atoms with E-state index in [0.29, 0.717) is 37.8 Å². The summed E-state index contributed by atoms with van der Waals surface area (Å²) >= 11 is 18.0. The van der Waals surface area contributed by atoms with E-state index in [0.717, 1.165) is 0 Å². The van der Waals surface area contributed by atoms with Crippen molar-refractivity contribution in [3.63, 3.8) is 0 Å². The Balaban J connectivity index is 1.83. The van der Waals surface area contributed by atoms with Gasteiger partial charge in [-0.1, -0.05) is 40.9 Å². The first-order valence-corrected chi connectivity index (χ1v) is 8.84. The Bertz CT molecular complexity index is 1060. The van der Waals surface area contributed by atoms with Gasteiger partial charge in [0.2, 0.25) is 0 Å². The van der Waals surface area contributed by atoms with E-state index < -0.39 is 5.91 Å². The average molecular weight is 418 g/mol. The van der Waals surface area contributed by atoms with E-state index in [1.807, 2.05) is 6.07 Å². The van der Waals surface area contributed by atoms with E-state index in [9.17, 15) is 10.1 Å². The predicted octanol–water partition coefficient (Wildman–Crippen LogP) is 6.45. The molecule has 0 aliphatic carbocycles. The van der Waals surface area contributed by atoms with Gasteiger partial charge in [-0.3, -0.25) is 4.79 Å². The van der Waals surface area contributed by atoms with Crippen LogP contribution in [-0.2, 0) is 4.79 Å². The van der Waals surface area contributed by atoms with Gasteiger partial charge < -0.3 is 9.73 Å². The van der Waals surface area contributed by atoms with Crippen molar-refractivity contribution in [2.24, 2.45) is 0 Å². The van der Waals surface area contributed by atoms with Crippen LogP contribution in [0.4, 0.5) is 5.69 Å². The molecule has 4 nitrogen and oxygen atoms in total. The monoisotopic (exact) mass is 416 g/mol. The first kappa shape index (κ1) is 19.1. The molecule has 7 heteroatoms. The van der Waals surface area contributed by atoms with Crippen LogP contribution >= 0.6 is 34.8 Å². The molecule has 0 aliphatic heterocycles. The molecule has 0 aliphatic rings. The van der Waals surface area contributed by atoms with Crippen molar-refractivity contribution in [2.75, 3.05) is 5.32 Å². The summed E-state index contributed by atoms with van der Waals surface area (Å²) in [5.41, 5.74) is 1.03. The lowest BCUT2D eigenvalue weighted by Crippen LogP contribution is -2.13. The number of benzene rings is 2. The SMILES string of the molecule is N#C/C(=C\c1ccc(-c2cccc(Cl)c2Cl)o1)C(=O)Nc1ccc(Cl)cc1. The summed E-state index contributed by atoms with van der Waals surface area (Å²) in [6, 6.07) is 16.9. The highest BCUT2D eigenvalue weighted by molar-refractivity contribution is 6.43. The van der Waals surface area contributed by atoms with E-state index in [4.69, 9.17) is 39.2 Å². The number of carbonyl (C=O) groups is 1. The molecule has 0 radical (unpaired) electrons. The number of rotatable bonds is 4. The molecule has 0 atom stereocenters. The number of nitrogens with zero attached hydrogens (tertiary/aromatic N) is 1. The fraction of sp³-hybridized carbons (Fsp3) is 0. The molecule has 3 rings (SSSR count). The first-order valence-electron chi connectivity index (χ1n) is 7.71. The predicted molar refractivity (Wildman–Crippen MR) is 108 cm³/mol. The molecule has 1 aromatic heterocycles. The topological polar surface area (TPSA) is 66.0 Å². The molecule has 0 saturated heterocycles. The van der Waals surface area contributed by atoms with Crippen molar-refractivity contribution >= 4 is 52.5 Å². The quantitative estimate of drug-likeness (QED) is 0.392. The van der Waals surface area contributed by atoms with E-state index in [2.05, 4.69) is 5.32 Å². The summed E-state index contributed by atoms with van der Waals surface area (Å²) in [4.78, 5) is 12.3. The number of anilines is 1. The lowest BCUT2D eigenvalue weighted by atomic mass is 10.2. The van der Waals surface area contributed by atoms with Gasteiger partial charge in [-0.05, 0) is 48.5 Å². The largest absolute Gasteiger partial charge is 0.457 e. The van der Waals surface area contributed by atoms with Crippen molar-refractivity contribution in [3.8, 4) is 17.4 Å². The second-order valence-electron chi connectivity index (χ2n) is 5.43.